The number of aryl methyl sites for hydroxylation is 2. The van der Waals surface area contributed by atoms with Gasteiger partial charge in [0.1, 0.15) is 0 Å². The van der Waals surface area contributed by atoms with Crippen LogP contribution in [0.15, 0.2) is 18.2 Å². The Labute approximate surface area is 126 Å². The lowest BCUT2D eigenvalue weighted by atomic mass is 10.0. The fourth-order valence-electron chi connectivity index (χ4n) is 2.37. The Hall–Kier alpha value is -1.32. The summed E-state index contributed by atoms with van der Waals surface area (Å²) in [5.41, 5.74) is 5.73. The first kappa shape index (κ1) is 15.1. The maximum absolute atomic E-state index is 6.29. The van der Waals surface area contributed by atoms with E-state index >= 15 is 0 Å². The maximum Gasteiger partial charge on any atom is 0.0674 e. The van der Waals surface area contributed by atoms with Gasteiger partial charge in [0.05, 0.1) is 5.69 Å². The molecule has 0 spiro atoms. The van der Waals surface area contributed by atoms with Crippen LogP contribution < -0.4 is 5.32 Å². The lowest BCUT2D eigenvalue weighted by Crippen LogP contribution is -2.22. The topological polar surface area (TPSA) is 29.9 Å². The van der Waals surface area contributed by atoms with E-state index in [9.17, 15) is 0 Å². The summed E-state index contributed by atoms with van der Waals surface area (Å²) in [5, 5.41) is 8.70. The Bertz CT molecular complexity index is 614. The molecule has 108 valence electrons. The quantitative estimate of drug-likeness (QED) is 0.927. The van der Waals surface area contributed by atoms with E-state index < -0.39 is 0 Å². The zero-order valence-corrected chi connectivity index (χ0v) is 13.5. The smallest absolute Gasteiger partial charge is 0.0674 e. The summed E-state index contributed by atoms with van der Waals surface area (Å²) >= 11 is 6.29. The molecule has 0 radical (unpaired) electrons. The highest BCUT2D eigenvalue weighted by Gasteiger charge is 2.13. The van der Waals surface area contributed by atoms with Crippen LogP contribution in [0.4, 0.5) is 0 Å². The fraction of sp³-hybridized carbons (Fsp3) is 0.438. The molecule has 1 aromatic heterocycles. The van der Waals surface area contributed by atoms with Crippen molar-refractivity contribution in [2.75, 3.05) is 0 Å². The van der Waals surface area contributed by atoms with E-state index in [2.05, 4.69) is 43.3 Å². The highest BCUT2D eigenvalue weighted by Crippen LogP contribution is 2.29. The number of halogens is 1. The minimum atomic E-state index is 0.441. The number of nitrogens with one attached hydrogen (secondary N) is 1. The lowest BCUT2D eigenvalue weighted by Gasteiger charge is -2.11. The highest BCUT2D eigenvalue weighted by molar-refractivity contribution is 6.31. The molecular formula is C16H22ClN3. The van der Waals surface area contributed by atoms with E-state index in [4.69, 9.17) is 11.6 Å². The minimum absolute atomic E-state index is 0.441. The third kappa shape index (κ3) is 3.05. The van der Waals surface area contributed by atoms with Crippen molar-refractivity contribution in [3.05, 3.63) is 40.2 Å². The molecule has 1 heterocycles. The molecule has 20 heavy (non-hydrogen) atoms. The molecule has 1 N–H and O–H groups in total. The lowest BCUT2D eigenvalue weighted by molar-refractivity contribution is 0.589. The largest absolute Gasteiger partial charge is 0.310 e. The van der Waals surface area contributed by atoms with Crippen LogP contribution in [-0.4, -0.2) is 15.8 Å². The van der Waals surface area contributed by atoms with Crippen LogP contribution in [0, 0.1) is 13.8 Å². The van der Waals surface area contributed by atoms with Gasteiger partial charge in [0.25, 0.3) is 0 Å². The molecular weight excluding hydrogens is 270 g/mol. The fourth-order valence-corrected chi connectivity index (χ4v) is 2.56. The normalized spacial score (nSPS) is 11.3. The van der Waals surface area contributed by atoms with Gasteiger partial charge in [-0.1, -0.05) is 31.5 Å². The third-order valence-electron chi connectivity index (χ3n) is 3.54. The molecule has 2 aromatic rings. The maximum atomic E-state index is 6.29. The molecule has 0 aliphatic heterocycles. The third-order valence-corrected chi connectivity index (χ3v) is 3.91. The number of benzene rings is 1. The van der Waals surface area contributed by atoms with Gasteiger partial charge < -0.3 is 5.32 Å². The number of hydrogen-bond donors (Lipinski definition) is 1. The first-order valence-electron chi connectivity index (χ1n) is 6.92. The van der Waals surface area contributed by atoms with Crippen molar-refractivity contribution in [2.45, 2.75) is 40.3 Å². The number of nitrogens with zero attached hydrogens (tertiary/aromatic N) is 2. The van der Waals surface area contributed by atoms with Gasteiger partial charge in [0.2, 0.25) is 0 Å². The second kappa shape index (κ2) is 5.98. The number of aromatic nitrogens is 2. The molecule has 0 amide bonds. The standard InChI is InChI=1S/C16H22ClN3/c1-10(2)18-9-14-8-13(6-7-15(14)17)16-11(3)19-20(5)12(16)4/h6-8,10,18H,9H2,1-5H3. The monoisotopic (exact) mass is 291 g/mol. The van der Waals surface area contributed by atoms with Crippen LogP contribution in [0.3, 0.4) is 0 Å². The molecule has 0 atom stereocenters. The molecule has 0 bridgehead atoms. The summed E-state index contributed by atoms with van der Waals surface area (Å²) in [6.07, 6.45) is 0. The van der Waals surface area contributed by atoms with E-state index in [1.165, 1.54) is 16.8 Å². The average Bonchev–Trinajstić information content (AvgIpc) is 2.63. The molecule has 0 saturated heterocycles. The van der Waals surface area contributed by atoms with Crippen molar-refractivity contribution in [3.63, 3.8) is 0 Å². The molecule has 4 heteroatoms. The van der Waals surface area contributed by atoms with Gasteiger partial charge in [-0.2, -0.15) is 5.10 Å². The molecule has 0 aliphatic rings. The van der Waals surface area contributed by atoms with Gasteiger partial charge >= 0.3 is 0 Å². The van der Waals surface area contributed by atoms with Crippen molar-refractivity contribution in [1.29, 1.82) is 0 Å². The van der Waals surface area contributed by atoms with Gasteiger partial charge in [-0.3, -0.25) is 4.68 Å². The Morgan fingerprint density at radius 3 is 2.55 bits per heavy atom. The van der Waals surface area contributed by atoms with E-state index in [0.29, 0.717) is 6.04 Å². The van der Waals surface area contributed by atoms with Crippen molar-refractivity contribution < 1.29 is 0 Å². The molecule has 0 unspecified atom stereocenters. The molecule has 1 aromatic carbocycles. The van der Waals surface area contributed by atoms with Gasteiger partial charge in [-0.05, 0) is 37.1 Å². The minimum Gasteiger partial charge on any atom is -0.310 e. The van der Waals surface area contributed by atoms with Crippen molar-refractivity contribution in [3.8, 4) is 11.1 Å². The van der Waals surface area contributed by atoms with E-state index in [0.717, 1.165) is 22.8 Å². The predicted molar refractivity (Wildman–Crippen MR) is 85.1 cm³/mol. The SMILES string of the molecule is Cc1nn(C)c(C)c1-c1ccc(Cl)c(CNC(C)C)c1. The van der Waals surface area contributed by atoms with Crippen LogP contribution >= 0.6 is 11.6 Å². The first-order chi connectivity index (χ1) is 9.40. The summed E-state index contributed by atoms with van der Waals surface area (Å²) in [4.78, 5) is 0. The Kier molecular flexibility index (Phi) is 4.51. The molecule has 0 aliphatic carbocycles. The van der Waals surface area contributed by atoms with Crippen LogP contribution in [0.5, 0.6) is 0 Å². The Morgan fingerprint density at radius 1 is 1.30 bits per heavy atom. The average molecular weight is 292 g/mol. The summed E-state index contributed by atoms with van der Waals surface area (Å²) in [5.74, 6) is 0. The van der Waals surface area contributed by atoms with Crippen LogP contribution in [-0.2, 0) is 13.6 Å². The Balaban J connectivity index is 2.40. The summed E-state index contributed by atoms with van der Waals surface area (Å²) in [6, 6.07) is 6.64. The van der Waals surface area contributed by atoms with E-state index in [1.807, 2.05) is 24.7 Å². The van der Waals surface area contributed by atoms with Crippen LogP contribution in [0.25, 0.3) is 11.1 Å². The highest BCUT2D eigenvalue weighted by atomic mass is 35.5. The van der Waals surface area contributed by atoms with Crippen molar-refractivity contribution >= 4 is 11.6 Å². The number of rotatable bonds is 4. The van der Waals surface area contributed by atoms with E-state index in [1.54, 1.807) is 0 Å². The molecule has 3 nitrogen and oxygen atoms in total. The zero-order chi connectivity index (χ0) is 14.9. The molecule has 0 saturated carbocycles. The van der Waals surface area contributed by atoms with Gasteiger partial charge in [-0.15, -0.1) is 0 Å². The second-order valence-corrected chi connectivity index (χ2v) is 5.92. The predicted octanol–water partition coefficient (Wildman–Crippen LogP) is 3.86. The van der Waals surface area contributed by atoms with Gasteiger partial charge in [-0.25, -0.2) is 0 Å². The number of hydrogen-bond acceptors (Lipinski definition) is 2. The van der Waals surface area contributed by atoms with Crippen molar-refractivity contribution in [1.82, 2.24) is 15.1 Å². The summed E-state index contributed by atoms with van der Waals surface area (Å²) in [7, 11) is 1.98. The zero-order valence-electron chi connectivity index (χ0n) is 12.8. The molecule has 2 rings (SSSR count). The second-order valence-electron chi connectivity index (χ2n) is 5.51. The van der Waals surface area contributed by atoms with Crippen molar-refractivity contribution in [2.24, 2.45) is 7.05 Å². The molecule has 0 fully saturated rings. The van der Waals surface area contributed by atoms with Gasteiger partial charge in [0, 0.05) is 35.9 Å². The summed E-state index contributed by atoms with van der Waals surface area (Å²) < 4.78 is 1.92. The van der Waals surface area contributed by atoms with Crippen LogP contribution in [0.2, 0.25) is 5.02 Å². The first-order valence-corrected chi connectivity index (χ1v) is 7.30. The van der Waals surface area contributed by atoms with Gasteiger partial charge in [0.15, 0.2) is 0 Å². The summed E-state index contributed by atoms with van der Waals surface area (Å²) in [6.45, 7) is 9.18. The van der Waals surface area contributed by atoms with E-state index in [-0.39, 0.29) is 0 Å². The van der Waals surface area contributed by atoms with Crippen LogP contribution in [0.1, 0.15) is 30.8 Å². The Morgan fingerprint density at radius 2 is 2.00 bits per heavy atom.